The molecule has 6 heteroatoms. The van der Waals surface area contributed by atoms with Crippen LogP contribution in [0.5, 0.6) is 0 Å². The first kappa shape index (κ1) is 18.9. The summed E-state index contributed by atoms with van der Waals surface area (Å²) in [5, 5.41) is 15.2. The third-order valence-corrected chi connectivity index (χ3v) is 3.70. The highest BCUT2D eigenvalue weighted by Crippen LogP contribution is 2.15. The third kappa shape index (κ3) is 6.17. The maximum Gasteiger partial charge on any atom is 0.315 e. The SMILES string of the molecule is CN(C)Cc1ccc(CNC(=O)NCC(O)c2ccccc2F)cc1. The summed E-state index contributed by atoms with van der Waals surface area (Å²) < 4.78 is 13.6. The number of hydrogen-bond donors (Lipinski definition) is 3. The van der Waals surface area contributed by atoms with Gasteiger partial charge in [-0.3, -0.25) is 0 Å². The molecule has 0 saturated carbocycles. The summed E-state index contributed by atoms with van der Waals surface area (Å²) in [6.45, 7) is 1.18. The van der Waals surface area contributed by atoms with Crippen LogP contribution in [-0.4, -0.2) is 36.7 Å². The van der Waals surface area contributed by atoms with Crippen molar-refractivity contribution >= 4 is 6.03 Å². The topological polar surface area (TPSA) is 64.6 Å². The molecule has 0 aliphatic rings. The van der Waals surface area contributed by atoms with E-state index in [1.807, 2.05) is 38.4 Å². The minimum Gasteiger partial charge on any atom is -0.386 e. The molecule has 0 saturated heterocycles. The van der Waals surface area contributed by atoms with E-state index in [4.69, 9.17) is 0 Å². The first-order valence-electron chi connectivity index (χ1n) is 8.12. The van der Waals surface area contributed by atoms with E-state index >= 15 is 0 Å². The molecule has 0 bridgehead atoms. The van der Waals surface area contributed by atoms with Crippen molar-refractivity contribution in [2.75, 3.05) is 20.6 Å². The van der Waals surface area contributed by atoms with E-state index < -0.39 is 18.0 Å². The molecule has 1 atom stereocenters. The zero-order valence-corrected chi connectivity index (χ0v) is 14.5. The van der Waals surface area contributed by atoms with E-state index in [1.54, 1.807) is 12.1 Å². The Morgan fingerprint density at radius 1 is 1.08 bits per heavy atom. The number of nitrogens with one attached hydrogen (secondary N) is 2. The van der Waals surface area contributed by atoms with Crippen molar-refractivity contribution in [3.05, 3.63) is 71.0 Å². The Bertz CT molecular complexity index is 689. The molecule has 5 nitrogen and oxygen atoms in total. The molecule has 0 fully saturated rings. The highest BCUT2D eigenvalue weighted by atomic mass is 19.1. The second-order valence-corrected chi connectivity index (χ2v) is 6.16. The number of benzene rings is 2. The predicted octanol–water partition coefficient (Wildman–Crippen LogP) is 2.42. The van der Waals surface area contributed by atoms with Crippen LogP contribution in [0, 0.1) is 5.82 Å². The Labute approximate surface area is 147 Å². The van der Waals surface area contributed by atoms with Gasteiger partial charge in [-0.2, -0.15) is 0 Å². The van der Waals surface area contributed by atoms with Crippen molar-refractivity contribution in [2.45, 2.75) is 19.2 Å². The van der Waals surface area contributed by atoms with E-state index in [9.17, 15) is 14.3 Å². The number of urea groups is 1. The summed E-state index contributed by atoms with van der Waals surface area (Å²) in [6.07, 6.45) is -1.09. The number of halogens is 1. The first-order valence-corrected chi connectivity index (χ1v) is 8.12. The predicted molar refractivity (Wildman–Crippen MR) is 95.4 cm³/mol. The van der Waals surface area contributed by atoms with Crippen molar-refractivity contribution in [2.24, 2.45) is 0 Å². The smallest absolute Gasteiger partial charge is 0.315 e. The molecule has 1 unspecified atom stereocenters. The number of carbonyl (C=O) groups is 1. The molecule has 134 valence electrons. The minimum atomic E-state index is -1.09. The normalized spacial score (nSPS) is 12.0. The Hall–Kier alpha value is -2.44. The summed E-state index contributed by atoms with van der Waals surface area (Å²) in [4.78, 5) is 13.9. The molecule has 2 aromatic rings. The number of aliphatic hydroxyl groups excluding tert-OH is 1. The Balaban J connectivity index is 1.76. The van der Waals surface area contributed by atoms with Crippen LogP contribution in [0.2, 0.25) is 0 Å². The lowest BCUT2D eigenvalue weighted by molar-refractivity contribution is 0.169. The van der Waals surface area contributed by atoms with Crippen LogP contribution in [-0.2, 0) is 13.1 Å². The molecule has 2 aromatic carbocycles. The van der Waals surface area contributed by atoms with Crippen molar-refractivity contribution in [3.63, 3.8) is 0 Å². The van der Waals surface area contributed by atoms with E-state index in [1.165, 1.54) is 17.7 Å². The number of amides is 2. The van der Waals surface area contributed by atoms with Gasteiger partial charge in [-0.15, -0.1) is 0 Å². The molecule has 2 rings (SSSR count). The average molecular weight is 345 g/mol. The van der Waals surface area contributed by atoms with Crippen LogP contribution >= 0.6 is 0 Å². The van der Waals surface area contributed by atoms with Gasteiger partial charge in [-0.25, -0.2) is 9.18 Å². The summed E-state index contributed by atoms with van der Waals surface area (Å²) in [7, 11) is 4.02. The van der Waals surface area contributed by atoms with E-state index in [0.29, 0.717) is 6.54 Å². The summed E-state index contributed by atoms with van der Waals surface area (Å²) in [5.41, 5.74) is 2.35. The lowest BCUT2D eigenvalue weighted by atomic mass is 10.1. The van der Waals surface area contributed by atoms with Gasteiger partial charge in [0.25, 0.3) is 0 Å². The van der Waals surface area contributed by atoms with E-state index in [2.05, 4.69) is 15.5 Å². The summed E-state index contributed by atoms with van der Waals surface area (Å²) in [5.74, 6) is -0.491. The number of nitrogens with zero attached hydrogens (tertiary/aromatic N) is 1. The van der Waals surface area contributed by atoms with Crippen molar-refractivity contribution in [1.82, 2.24) is 15.5 Å². The molecule has 0 aliphatic heterocycles. The van der Waals surface area contributed by atoms with Crippen LogP contribution < -0.4 is 10.6 Å². The molecule has 0 spiro atoms. The number of aliphatic hydroxyl groups is 1. The van der Waals surface area contributed by atoms with Crippen LogP contribution in [0.1, 0.15) is 22.8 Å². The largest absolute Gasteiger partial charge is 0.386 e. The van der Waals surface area contributed by atoms with Crippen molar-refractivity contribution in [3.8, 4) is 0 Å². The number of rotatable bonds is 7. The summed E-state index contributed by atoms with van der Waals surface area (Å²) in [6, 6.07) is 13.5. The third-order valence-electron chi connectivity index (χ3n) is 3.70. The second-order valence-electron chi connectivity index (χ2n) is 6.16. The lowest BCUT2D eigenvalue weighted by Crippen LogP contribution is -2.37. The molecular formula is C19H24FN3O2. The van der Waals surface area contributed by atoms with E-state index in [0.717, 1.165) is 12.1 Å². The van der Waals surface area contributed by atoms with Gasteiger partial charge in [-0.1, -0.05) is 42.5 Å². The monoisotopic (exact) mass is 345 g/mol. The second kappa shape index (κ2) is 9.15. The van der Waals surface area contributed by atoms with Gasteiger partial charge in [0.1, 0.15) is 5.82 Å². The quantitative estimate of drug-likeness (QED) is 0.722. The first-order chi connectivity index (χ1) is 12.0. The minimum absolute atomic E-state index is 0.0610. The standard InChI is InChI=1S/C19H24FN3O2/c1-23(2)13-15-9-7-14(8-10-15)11-21-19(25)22-12-18(24)16-5-3-4-6-17(16)20/h3-10,18,24H,11-13H2,1-2H3,(H2,21,22,25). The van der Waals surface area contributed by atoms with Gasteiger partial charge >= 0.3 is 6.03 Å². The van der Waals surface area contributed by atoms with Crippen molar-refractivity contribution < 1.29 is 14.3 Å². The summed E-state index contributed by atoms with van der Waals surface area (Å²) >= 11 is 0. The van der Waals surface area contributed by atoms with Crippen LogP contribution in [0.25, 0.3) is 0 Å². The van der Waals surface area contributed by atoms with Gasteiger partial charge in [0, 0.05) is 25.2 Å². The molecule has 2 amide bonds. The molecule has 0 aromatic heterocycles. The van der Waals surface area contributed by atoms with Gasteiger partial charge in [0.05, 0.1) is 6.10 Å². The average Bonchev–Trinajstić information content (AvgIpc) is 2.59. The fraction of sp³-hybridized carbons (Fsp3) is 0.316. The van der Waals surface area contributed by atoms with Gasteiger partial charge in [0.15, 0.2) is 0 Å². The zero-order chi connectivity index (χ0) is 18.2. The Morgan fingerprint density at radius 2 is 1.72 bits per heavy atom. The van der Waals surface area contributed by atoms with E-state index in [-0.39, 0.29) is 12.1 Å². The van der Waals surface area contributed by atoms with Crippen LogP contribution in [0.15, 0.2) is 48.5 Å². The van der Waals surface area contributed by atoms with Crippen LogP contribution in [0.4, 0.5) is 9.18 Å². The molecule has 0 radical (unpaired) electrons. The zero-order valence-electron chi connectivity index (χ0n) is 14.5. The Morgan fingerprint density at radius 3 is 2.36 bits per heavy atom. The molecule has 25 heavy (non-hydrogen) atoms. The number of carbonyl (C=O) groups excluding carboxylic acids is 1. The highest BCUT2D eigenvalue weighted by Gasteiger charge is 2.13. The van der Waals surface area contributed by atoms with Crippen LogP contribution in [0.3, 0.4) is 0 Å². The fourth-order valence-corrected chi connectivity index (χ4v) is 2.42. The Kier molecular flexibility index (Phi) is 6.91. The maximum absolute atomic E-state index is 13.6. The van der Waals surface area contributed by atoms with Gasteiger partial charge in [0.2, 0.25) is 0 Å². The molecule has 0 aliphatic carbocycles. The number of hydrogen-bond acceptors (Lipinski definition) is 3. The van der Waals surface area contributed by atoms with Gasteiger partial charge < -0.3 is 20.6 Å². The van der Waals surface area contributed by atoms with Crippen molar-refractivity contribution in [1.29, 1.82) is 0 Å². The van der Waals surface area contributed by atoms with Gasteiger partial charge in [-0.05, 0) is 31.3 Å². The maximum atomic E-state index is 13.6. The lowest BCUT2D eigenvalue weighted by Gasteiger charge is -2.14. The highest BCUT2D eigenvalue weighted by molar-refractivity contribution is 5.73. The fourth-order valence-electron chi connectivity index (χ4n) is 2.42. The molecule has 3 N–H and O–H groups in total. The molecular weight excluding hydrogens is 321 g/mol. The molecule has 0 heterocycles.